The van der Waals surface area contributed by atoms with Gasteiger partial charge in [0.2, 0.25) is 5.91 Å². The van der Waals surface area contributed by atoms with Crippen molar-refractivity contribution in [3.05, 3.63) is 71.6 Å². The molecule has 6 heteroatoms. The minimum atomic E-state index is -0.370. The minimum Gasteiger partial charge on any atom is -0.457 e. The number of ether oxygens (including phenoxy) is 1. The second-order valence-electron chi connectivity index (χ2n) is 8.41. The van der Waals surface area contributed by atoms with E-state index in [1.54, 1.807) is 0 Å². The molecule has 2 saturated heterocycles. The first kappa shape index (κ1) is 21.2. The minimum absolute atomic E-state index is 0.370. The van der Waals surface area contributed by atoms with E-state index in [-0.39, 0.29) is 5.91 Å². The summed E-state index contributed by atoms with van der Waals surface area (Å²) in [7, 11) is 2.09. The Hall–Kier alpha value is -2.99. The summed E-state index contributed by atoms with van der Waals surface area (Å²) in [6, 6.07) is 18.0. The molecule has 2 aromatic carbocycles. The molecule has 0 bridgehead atoms. The van der Waals surface area contributed by atoms with E-state index < -0.39 is 0 Å². The van der Waals surface area contributed by atoms with Crippen molar-refractivity contribution in [3.8, 4) is 11.5 Å². The number of nitrogens with two attached hydrogens (primary N) is 1. The van der Waals surface area contributed by atoms with Gasteiger partial charge in [0.15, 0.2) is 0 Å². The molecule has 2 heterocycles. The third-order valence-corrected chi connectivity index (χ3v) is 6.38. The SMILES string of the molecule is CN1/C(=C(\Cc2ccc(Oc3ccccc3)cc2)C(N)=O)NCC[C@H]1C1CCNCC1. The molecular weight excluding hydrogens is 388 g/mol. The fraction of sp³-hybridized carbons (Fsp3) is 0.400. The fourth-order valence-electron chi connectivity index (χ4n) is 4.71. The standard InChI is InChI=1S/C25H32N4O2/c1-29-23(19-11-14-27-15-12-19)13-16-28-25(29)22(24(26)30)17-18-7-9-21(10-8-18)31-20-5-3-2-4-6-20/h2-10,19,23,27-28H,11-17H2,1H3,(H2,26,30)/b25-22+/t23-/m0/s1. The highest BCUT2D eigenvalue weighted by molar-refractivity contribution is 5.93. The largest absolute Gasteiger partial charge is 0.457 e. The van der Waals surface area contributed by atoms with Gasteiger partial charge in [0, 0.05) is 26.1 Å². The number of nitrogens with zero attached hydrogens (tertiary/aromatic N) is 1. The summed E-state index contributed by atoms with van der Waals surface area (Å²) in [4.78, 5) is 14.7. The van der Waals surface area contributed by atoms with Crippen LogP contribution >= 0.6 is 0 Å². The predicted octanol–water partition coefficient (Wildman–Crippen LogP) is 3.01. The first-order valence-electron chi connectivity index (χ1n) is 11.1. The lowest BCUT2D eigenvalue weighted by Gasteiger charge is -2.43. The number of rotatable bonds is 6. The molecule has 1 atom stereocenters. The van der Waals surface area contributed by atoms with Crippen molar-refractivity contribution in [2.24, 2.45) is 11.7 Å². The average molecular weight is 421 g/mol. The quantitative estimate of drug-likeness (QED) is 0.626. The number of hydrogen-bond acceptors (Lipinski definition) is 5. The van der Waals surface area contributed by atoms with Gasteiger partial charge in [-0.1, -0.05) is 30.3 Å². The lowest BCUT2D eigenvalue weighted by Crippen LogP contribution is -2.51. The number of nitrogens with one attached hydrogen (secondary N) is 2. The number of benzene rings is 2. The average Bonchev–Trinajstić information content (AvgIpc) is 2.80. The Morgan fingerprint density at radius 3 is 2.35 bits per heavy atom. The maximum absolute atomic E-state index is 12.4. The van der Waals surface area contributed by atoms with E-state index in [4.69, 9.17) is 10.5 Å². The van der Waals surface area contributed by atoms with Crippen molar-refractivity contribution in [1.82, 2.24) is 15.5 Å². The molecule has 4 N–H and O–H groups in total. The van der Waals surface area contributed by atoms with Gasteiger partial charge >= 0.3 is 0 Å². The molecule has 4 rings (SSSR count). The number of primary amides is 1. The van der Waals surface area contributed by atoms with Crippen LogP contribution in [0.3, 0.4) is 0 Å². The summed E-state index contributed by atoms with van der Waals surface area (Å²) in [5.74, 6) is 2.72. The number of piperidine rings is 1. The van der Waals surface area contributed by atoms with Crippen LogP contribution in [0.1, 0.15) is 24.8 Å². The molecule has 0 aromatic heterocycles. The molecule has 0 unspecified atom stereocenters. The lowest BCUT2D eigenvalue weighted by molar-refractivity contribution is -0.114. The molecule has 2 aliphatic rings. The van der Waals surface area contributed by atoms with E-state index in [9.17, 15) is 4.79 Å². The maximum atomic E-state index is 12.4. The van der Waals surface area contributed by atoms with Crippen molar-refractivity contribution in [1.29, 1.82) is 0 Å². The number of amides is 1. The highest BCUT2D eigenvalue weighted by Gasteiger charge is 2.32. The van der Waals surface area contributed by atoms with E-state index in [1.165, 1.54) is 12.8 Å². The van der Waals surface area contributed by atoms with Crippen molar-refractivity contribution < 1.29 is 9.53 Å². The smallest absolute Gasteiger partial charge is 0.248 e. The van der Waals surface area contributed by atoms with Crippen LogP contribution in [0.2, 0.25) is 0 Å². The zero-order chi connectivity index (χ0) is 21.6. The van der Waals surface area contributed by atoms with Gasteiger partial charge in [0.1, 0.15) is 17.3 Å². The number of hydrogen-bond donors (Lipinski definition) is 3. The summed E-state index contributed by atoms with van der Waals surface area (Å²) in [5, 5.41) is 6.89. The van der Waals surface area contributed by atoms with Crippen LogP contribution in [0.15, 0.2) is 66.0 Å². The van der Waals surface area contributed by atoms with Crippen molar-refractivity contribution in [3.63, 3.8) is 0 Å². The predicted molar refractivity (Wildman–Crippen MR) is 123 cm³/mol. The Morgan fingerprint density at radius 2 is 1.68 bits per heavy atom. The molecule has 1 amide bonds. The Morgan fingerprint density at radius 1 is 1.00 bits per heavy atom. The first-order valence-corrected chi connectivity index (χ1v) is 11.1. The topological polar surface area (TPSA) is 79.6 Å². The Bertz CT molecular complexity index is 905. The monoisotopic (exact) mass is 420 g/mol. The van der Waals surface area contributed by atoms with Crippen LogP contribution in [0.5, 0.6) is 11.5 Å². The molecule has 2 fully saturated rings. The molecule has 31 heavy (non-hydrogen) atoms. The Labute approximate surface area is 184 Å². The first-order chi connectivity index (χ1) is 15.1. The molecule has 164 valence electrons. The summed E-state index contributed by atoms with van der Waals surface area (Å²) >= 11 is 0. The van der Waals surface area contributed by atoms with Crippen LogP contribution in [-0.2, 0) is 11.2 Å². The zero-order valence-electron chi connectivity index (χ0n) is 18.1. The molecule has 2 aromatic rings. The van der Waals surface area contributed by atoms with Gasteiger partial charge in [-0.25, -0.2) is 0 Å². The summed E-state index contributed by atoms with van der Waals surface area (Å²) in [5.41, 5.74) is 7.50. The van der Waals surface area contributed by atoms with Gasteiger partial charge in [0.05, 0.1) is 5.57 Å². The molecule has 2 aliphatic heterocycles. The van der Waals surface area contributed by atoms with Crippen LogP contribution in [-0.4, -0.2) is 43.5 Å². The van der Waals surface area contributed by atoms with Crippen molar-refractivity contribution in [2.45, 2.75) is 31.7 Å². The Balaban J connectivity index is 1.50. The second-order valence-corrected chi connectivity index (χ2v) is 8.41. The third-order valence-electron chi connectivity index (χ3n) is 6.38. The molecule has 0 radical (unpaired) electrons. The number of para-hydroxylation sites is 1. The normalized spacial score (nSPS) is 21.3. The van der Waals surface area contributed by atoms with E-state index >= 15 is 0 Å². The summed E-state index contributed by atoms with van der Waals surface area (Å²) in [6.45, 7) is 3.01. The van der Waals surface area contributed by atoms with Crippen molar-refractivity contribution in [2.75, 3.05) is 26.7 Å². The maximum Gasteiger partial charge on any atom is 0.248 e. The highest BCUT2D eigenvalue weighted by atomic mass is 16.5. The molecule has 0 aliphatic carbocycles. The highest BCUT2D eigenvalue weighted by Crippen LogP contribution is 2.29. The second kappa shape index (κ2) is 9.88. The van der Waals surface area contributed by atoms with Gasteiger partial charge in [0.25, 0.3) is 0 Å². The number of carbonyl (C=O) groups excluding carboxylic acids is 1. The Kier molecular flexibility index (Phi) is 6.77. The van der Waals surface area contributed by atoms with E-state index in [0.29, 0.717) is 24.0 Å². The van der Waals surface area contributed by atoms with Crippen LogP contribution in [0.4, 0.5) is 0 Å². The van der Waals surface area contributed by atoms with E-state index in [1.807, 2.05) is 54.6 Å². The van der Waals surface area contributed by atoms with Gasteiger partial charge < -0.3 is 26.0 Å². The summed E-state index contributed by atoms with van der Waals surface area (Å²) in [6.07, 6.45) is 3.93. The van der Waals surface area contributed by atoms with Crippen LogP contribution in [0.25, 0.3) is 0 Å². The molecule has 0 spiro atoms. The molecular formula is C25H32N4O2. The summed E-state index contributed by atoms with van der Waals surface area (Å²) < 4.78 is 5.87. The lowest BCUT2D eigenvalue weighted by atomic mass is 9.86. The van der Waals surface area contributed by atoms with Crippen molar-refractivity contribution >= 4 is 5.91 Å². The number of carbonyl (C=O) groups is 1. The van der Waals surface area contributed by atoms with E-state index in [2.05, 4.69) is 22.6 Å². The molecule has 6 nitrogen and oxygen atoms in total. The fourth-order valence-corrected chi connectivity index (χ4v) is 4.71. The van der Waals surface area contributed by atoms with Gasteiger partial charge in [-0.2, -0.15) is 0 Å². The van der Waals surface area contributed by atoms with Crippen LogP contribution < -0.4 is 21.1 Å². The molecule has 0 saturated carbocycles. The van der Waals surface area contributed by atoms with E-state index in [0.717, 1.165) is 48.9 Å². The van der Waals surface area contributed by atoms with Gasteiger partial charge in [-0.05, 0) is 68.1 Å². The van der Waals surface area contributed by atoms with Crippen LogP contribution in [0, 0.1) is 5.92 Å². The zero-order valence-corrected chi connectivity index (χ0v) is 18.1. The third kappa shape index (κ3) is 5.20. The van der Waals surface area contributed by atoms with Gasteiger partial charge in [-0.15, -0.1) is 0 Å². The van der Waals surface area contributed by atoms with Gasteiger partial charge in [-0.3, -0.25) is 4.79 Å².